The van der Waals surface area contributed by atoms with Crippen LogP contribution in [0.5, 0.6) is 5.88 Å². The lowest BCUT2D eigenvalue weighted by Crippen LogP contribution is -2.44. The Morgan fingerprint density at radius 2 is 2.38 bits per heavy atom. The van der Waals surface area contributed by atoms with E-state index in [0.717, 1.165) is 19.6 Å². The number of rotatable bonds is 5. The Morgan fingerprint density at radius 1 is 1.57 bits per heavy atom. The maximum absolute atomic E-state index is 12.8. The fourth-order valence-corrected chi connectivity index (χ4v) is 2.76. The van der Waals surface area contributed by atoms with Crippen LogP contribution < -0.4 is 10.1 Å². The second-order valence-corrected chi connectivity index (χ2v) is 5.82. The molecule has 116 valence electrons. The minimum Gasteiger partial charge on any atom is -0.480 e. The van der Waals surface area contributed by atoms with Gasteiger partial charge in [0.05, 0.1) is 7.11 Å². The van der Waals surface area contributed by atoms with Gasteiger partial charge >= 0.3 is 0 Å². The highest BCUT2D eigenvalue weighted by atomic mass is 16.5. The molecule has 0 bridgehead atoms. The first kappa shape index (κ1) is 15.8. The van der Waals surface area contributed by atoms with Gasteiger partial charge in [-0.2, -0.15) is 0 Å². The summed E-state index contributed by atoms with van der Waals surface area (Å²) in [5.41, 5.74) is 0.539. The van der Waals surface area contributed by atoms with Crippen molar-refractivity contribution in [1.29, 1.82) is 0 Å². The van der Waals surface area contributed by atoms with Crippen LogP contribution in [0, 0.1) is 5.92 Å². The van der Waals surface area contributed by atoms with Crippen molar-refractivity contribution in [2.45, 2.75) is 32.7 Å². The number of hydrogen-bond acceptors (Lipinski definition) is 4. The highest BCUT2D eigenvalue weighted by Crippen LogP contribution is 2.20. The van der Waals surface area contributed by atoms with Crippen molar-refractivity contribution in [1.82, 2.24) is 15.2 Å². The summed E-state index contributed by atoms with van der Waals surface area (Å²) in [6.07, 6.45) is 4.00. The van der Waals surface area contributed by atoms with Crippen molar-refractivity contribution in [3.05, 3.63) is 23.9 Å². The summed E-state index contributed by atoms with van der Waals surface area (Å²) in [5, 5.41) is 3.41. The van der Waals surface area contributed by atoms with E-state index in [9.17, 15) is 4.79 Å². The lowest BCUT2D eigenvalue weighted by Gasteiger charge is -2.33. The second kappa shape index (κ2) is 7.41. The van der Waals surface area contributed by atoms with Crippen LogP contribution in [0.4, 0.5) is 0 Å². The third kappa shape index (κ3) is 3.94. The highest BCUT2D eigenvalue weighted by molar-refractivity contribution is 5.96. The molecule has 0 spiro atoms. The number of amides is 1. The first-order valence-corrected chi connectivity index (χ1v) is 7.64. The summed E-state index contributed by atoms with van der Waals surface area (Å²) < 4.78 is 5.22. The number of ether oxygens (including phenoxy) is 1. The van der Waals surface area contributed by atoms with Crippen molar-refractivity contribution >= 4 is 5.91 Å². The van der Waals surface area contributed by atoms with Gasteiger partial charge in [-0.25, -0.2) is 4.98 Å². The van der Waals surface area contributed by atoms with Crippen LogP contribution >= 0.6 is 0 Å². The number of carbonyl (C=O) groups is 1. The van der Waals surface area contributed by atoms with Crippen LogP contribution in [0.25, 0.3) is 0 Å². The van der Waals surface area contributed by atoms with Crippen LogP contribution in [-0.4, -0.2) is 48.6 Å². The van der Waals surface area contributed by atoms with Gasteiger partial charge < -0.3 is 15.0 Å². The molecule has 1 aliphatic rings. The minimum atomic E-state index is 0.000485. The monoisotopic (exact) mass is 291 g/mol. The number of piperidine rings is 1. The summed E-state index contributed by atoms with van der Waals surface area (Å²) in [5.74, 6) is 0.920. The quantitative estimate of drug-likeness (QED) is 0.901. The molecule has 1 N–H and O–H groups in total. The van der Waals surface area contributed by atoms with Crippen LogP contribution in [0.2, 0.25) is 0 Å². The molecule has 1 saturated heterocycles. The summed E-state index contributed by atoms with van der Waals surface area (Å²) >= 11 is 0. The fourth-order valence-electron chi connectivity index (χ4n) is 2.76. The zero-order valence-corrected chi connectivity index (χ0v) is 13.1. The number of pyridine rings is 1. The molecule has 1 atom stereocenters. The van der Waals surface area contributed by atoms with Crippen molar-refractivity contribution in [3.63, 3.8) is 0 Å². The van der Waals surface area contributed by atoms with E-state index < -0.39 is 0 Å². The molecule has 1 fully saturated rings. The SMILES string of the molecule is COc1ncccc1C(=O)N(CC1CCCNC1)C(C)C. The molecule has 1 aliphatic heterocycles. The Kier molecular flexibility index (Phi) is 5.56. The van der Waals surface area contributed by atoms with Gasteiger partial charge in [-0.1, -0.05) is 0 Å². The van der Waals surface area contributed by atoms with Gasteiger partial charge in [-0.15, -0.1) is 0 Å². The molecule has 0 saturated carbocycles. The second-order valence-electron chi connectivity index (χ2n) is 5.82. The van der Waals surface area contributed by atoms with E-state index in [4.69, 9.17) is 4.74 Å². The number of nitrogens with zero attached hydrogens (tertiary/aromatic N) is 2. The molecule has 1 amide bonds. The van der Waals surface area contributed by atoms with E-state index >= 15 is 0 Å². The van der Waals surface area contributed by atoms with Crippen molar-refractivity contribution in [2.24, 2.45) is 5.92 Å². The Hall–Kier alpha value is -1.62. The number of nitrogens with one attached hydrogen (secondary N) is 1. The molecule has 1 unspecified atom stereocenters. The van der Waals surface area contributed by atoms with Gasteiger partial charge in [0.15, 0.2) is 0 Å². The zero-order chi connectivity index (χ0) is 15.2. The van der Waals surface area contributed by atoms with Gasteiger partial charge in [0.25, 0.3) is 5.91 Å². The van der Waals surface area contributed by atoms with Gasteiger partial charge in [-0.05, 0) is 57.8 Å². The maximum Gasteiger partial charge on any atom is 0.259 e. The lowest BCUT2D eigenvalue weighted by atomic mass is 9.98. The first-order valence-electron chi connectivity index (χ1n) is 7.64. The highest BCUT2D eigenvalue weighted by Gasteiger charge is 2.26. The Bertz CT molecular complexity index is 470. The van der Waals surface area contributed by atoms with Crippen LogP contribution in [0.1, 0.15) is 37.0 Å². The molecule has 1 aromatic rings. The number of methoxy groups -OCH3 is 1. The normalized spacial score (nSPS) is 18.6. The van der Waals surface area contributed by atoms with Gasteiger partial charge in [-0.3, -0.25) is 4.79 Å². The molecular formula is C16H25N3O2. The molecule has 0 aliphatic carbocycles. The van der Waals surface area contributed by atoms with Crippen molar-refractivity contribution < 1.29 is 9.53 Å². The predicted molar refractivity (Wildman–Crippen MR) is 82.6 cm³/mol. The molecule has 1 aromatic heterocycles. The number of carbonyl (C=O) groups excluding carboxylic acids is 1. The summed E-state index contributed by atoms with van der Waals surface area (Å²) in [6.45, 7) is 6.96. The van der Waals surface area contributed by atoms with Crippen molar-refractivity contribution in [3.8, 4) is 5.88 Å². The Morgan fingerprint density at radius 3 is 3.00 bits per heavy atom. The van der Waals surface area contributed by atoms with Crippen LogP contribution in [0.3, 0.4) is 0 Å². The average Bonchev–Trinajstić information content (AvgIpc) is 2.52. The van der Waals surface area contributed by atoms with E-state index in [1.807, 2.05) is 4.90 Å². The largest absolute Gasteiger partial charge is 0.480 e. The van der Waals surface area contributed by atoms with Crippen molar-refractivity contribution in [2.75, 3.05) is 26.7 Å². The summed E-state index contributed by atoms with van der Waals surface area (Å²) in [4.78, 5) is 18.9. The van der Waals surface area contributed by atoms with E-state index in [-0.39, 0.29) is 11.9 Å². The molecule has 5 nitrogen and oxygen atoms in total. The Labute approximate surface area is 126 Å². The zero-order valence-electron chi connectivity index (χ0n) is 13.1. The fraction of sp³-hybridized carbons (Fsp3) is 0.625. The molecule has 2 rings (SSSR count). The van der Waals surface area contributed by atoms with E-state index in [2.05, 4.69) is 24.1 Å². The lowest BCUT2D eigenvalue weighted by molar-refractivity contribution is 0.0656. The number of hydrogen-bond donors (Lipinski definition) is 1. The Balaban J connectivity index is 2.14. The first-order chi connectivity index (χ1) is 10.1. The predicted octanol–water partition coefficient (Wildman–Crippen LogP) is 1.94. The van der Waals surface area contributed by atoms with E-state index in [1.54, 1.807) is 25.4 Å². The summed E-state index contributed by atoms with van der Waals surface area (Å²) in [6, 6.07) is 3.71. The standard InChI is InChI=1S/C16H25N3O2/c1-12(2)19(11-13-6-4-8-17-10-13)16(20)14-7-5-9-18-15(14)21-3/h5,7,9,12-13,17H,4,6,8,10-11H2,1-3H3. The smallest absolute Gasteiger partial charge is 0.259 e. The average molecular weight is 291 g/mol. The molecule has 0 aromatic carbocycles. The van der Waals surface area contributed by atoms with E-state index in [0.29, 0.717) is 17.4 Å². The molecular weight excluding hydrogens is 266 g/mol. The summed E-state index contributed by atoms with van der Waals surface area (Å²) in [7, 11) is 1.55. The number of aromatic nitrogens is 1. The third-order valence-electron chi connectivity index (χ3n) is 3.93. The minimum absolute atomic E-state index is 0.000485. The van der Waals surface area contributed by atoms with Gasteiger partial charge in [0.1, 0.15) is 5.56 Å². The molecule has 21 heavy (non-hydrogen) atoms. The van der Waals surface area contributed by atoms with Crippen LogP contribution in [-0.2, 0) is 0 Å². The topological polar surface area (TPSA) is 54.5 Å². The van der Waals surface area contributed by atoms with E-state index in [1.165, 1.54) is 12.8 Å². The van der Waals surface area contributed by atoms with Gasteiger partial charge in [0.2, 0.25) is 5.88 Å². The molecule has 2 heterocycles. The molecule has 0 radical (unpaired) electrons. The van der Waals surface area contributed by atoms with Crippen LogP contribution in [0.15, 0.2) is 18.3 Å². The maximum atomic E-state index is 12.8. The van der Waals surface area contributed by atoms with Gasteiger partial charge in [0, 0.05) is 18.8 Å². The molecule has 5 heteroatoms. The third-order valence-corrected chi connectivity index (χ3v) is 3.93.